The minimum absolute atomic E-state index is 0.0354. The topological polar surface area (TPSA) is 71.7 Å². The molecular weight excluding hydrogens is 325 g/mol. The number of amides is 1. The van der Waals surface area contributed by atoms with Crippen molar-refractivity contribution < 1.29 is 23.4 Å². The van der Waals surface area contributed by atoms with Crippen molar-refractivity contribution >= 4 is 17.5 Å². The molecule has 23 heavy (non-hydrogen) atoms. The molecule has 1 unspecified atom stereocenters. The molecule has 1 aromatic heterocycles. The maximum absolute atomic E-state index is 13.0. The van der Waals surface area contributed by atoms with Gasteiger partial charge < -0.3 is 19.6 Å². The van der Waals surface area contributed by atoms with Crippen LogP contribution >= 0.6 is 11.6 Å². The minimum Gasteiger partial charge on any atom is -0.484 e. The SMILES string of the molecule is Cc1ccc(C(C)(O)CNC(=O)COc2ccc(F)c(Cl)c2)o1. The van der Waals surface area contributed by atoms with E-state index >= 15 is 0 Å². The summed E-state index contributed by atoms with van der Waals surface area (Å²) in [6.45, 7) is 2.98. The highest BCUT2D eigenvalue weighted by Gasteiger charge is 2.27. The second-order valence-electron chi connectivity index (χ2n) is 5.33. The fraction of sp³-hybridized carbons (Fsp3) is 0.312. The molecule has 0 bridgehead atoms. The number of aliphatic hydroxyl groups is 1. The van der Waals surface area contributed by atoms with Crippen LogP contribution in [0.25, 0.3) is 0 Å². The molecule has 1 heterocycles. The standard InChI is InChI=1S/C16H17ClFNO4/c1-10-3-6-14(23-10)16(2,21)9-19-15(20)8-22-11-4-5-13(18)12(17)7-11/h3-7,21H,8-9H2,1-2H3,(H,19,20). The Morgan fingerprint density at radius 3 is 2.78 bits per heavy atom. The molecule has 0 radical (unpaired) electrons. The van der Waals surface area contributed by atoms with E-state index in [1.54, 1.807) is 19.1 Å². The number of rotatable bonds is 6. The van der Waals surface area contributed by atoms with Gasteiger partial charge in [0.1, 0.15) is 28.7 Å². The van der Waals surface area contributed by atoms with Crippen molar-refractivity contribution in [2.24, 2.45) is 0 Å². The van der Waals surface area contributed by atoms with Crippen molar-refractivity contribution in [3.8, 4) is 5.75 Å². The smallest absolute Gasteiger partial charge is 0.258 e. The quantitative estimate of drug-likeness (QED) is 0.847. The molecule has 0 aliphatic carbocycles. The second kappa shape index (κ2) is 7.02. The number of furan rings is 1. The first-order chi connectivity index (χ1) is 10.8. The molecule has 0 spiro atoms. The lowest BCUT2D eigenvalue weighted by molar-refractivity contribution is -0.124. The Kier molecular flexibility index (Phi) is 5.28. The lowest BCUT2D eigenvalue weighted by Gasteiger charge is -2.21. The van der Waals surface area contributed by atoms with Crippen molar-refractivity contribution in [3.05, 3.63) is 52.7 Å². The Morgan fingerprint density at radius 2 is 2.17 bits per heavy atom. The monoisotopic (exact) mass is 341 g/mol. The average molecular weight is 342 g/mol. The Labute approximate surface area is 138 Å². The molecule has 0 aliphatic rings. The molecule has 2 rings (SSSR count). The third kappa shape index (κ3) is 4.71. The molecule has 1 aromatic carbocycles. The highest BCUT2D eigenvalue weighted by molar-refractivity contribution is 6.30. The average Bonchev–Trinajstić information content (AvgIpc) is 2.94. The summed E-state index contributed by atoms with van der Waals surface area (Å²) < 4.78 is 23.6. The first-order valence-corrected chi connectivity index (χ1v) is 7.29. The van der Waals surface area contributed by atoms with Gasteiger partial charge in [-0.1, -0.05) is 11.6 Å². The summed E-state index contributed by atoms with van der Waals surface area (Å²) in [5.41, 5.74) is -1.33. The first kappa shape index (κ1) is 17.3. The van der Waals surface area contributed by atoms with Crippen LogP contribution in [-0.2, 0) is 10.4 Å². The molecule has 0 fully saturated rings. The van der Waals surface area contributed by atoms with Gasteiger partial charge in [-0.2, -0.15) is 0 Å². The van der Waals surface area contributed by atoms with Gasteiger partial charge >= 0.3 is 0 Å². The summed E-state index contributed by atoms with van der Waals surface area (Å²) in [5.74, 6) is 0.312. The van der Waals surface area contributed by atoms with Crippen molar-refractivity contribution in [3.63, 3.8) is 0 Å². The van der Waals surface area contributed by atoms with Crippen molar-refractivity contribution in [1.29, 1.82) is 0 Å². The number of carbonyl (C=O) groups excluding carboxylic acids is 1. The molecule has 5 nitrogen and oxygen atoms in total. The molecule has 0 aliphatic heterocycles. The second-order valence-corrected chi connectivity index (χ2v) is 5.73. The number of halogens is 2. The predicted octanol–water partition coefficient (Wildman–Crippen LogP) is 2.78. The highest BCUT2D eigenvalue weighted by Crippen LogP contribution is 2.22. The number of aryl methyl sites for hydroxylation is 1. The third-order valence-corrected chi connectivity index (χ3v) is 3.45. The van der Waals surface area contributed by atoms with Crippen LogP contribution in [0.2, 0.25) is 5.02 Å². The molecule has 2 N–H and O–H groups in total. The number of benzene rings is 1. The van der Waals surface area contributed by atoms with Crippen molar-refractivity contribution in [2.45, 2.75) is 19.4 Å². The Balaban J connectivity index is 1.84. The van der Waals surface area contributed by atoms with Crippen molar-refractivity contribution in [1.82, 2.24) is 5.32 Å². The zero-order valence-corrected chi connectivity index (χ0v) is 13.5. The molecule has 0 saturated heterocycles. The Hall–Kier alpha value is -2.05. The van der Waals surface area contributed by atoms with E-state index in [-0.39, 0.29) is 23.9 Å². The molecule has 7 heteroatoms. The number of ether oxygens (including phenoxy) is 1. The Morgan fingerprint density at radius 1 is 1.43 bits per heavy atom. The van der Waals surface area contributed by atoms with Crippen LogP contribution in [0.4, 0.5) is 4.39 Å². The van der Waals surface area contributed by atoms with E-state index in [1.807, 2.05) is 0 Å². The molecule has 1 atom stereocenters. The summed E-state index contributed by atoms with van der Waals surface area (Å²) in [6.07, 6.45) is 0. The maximum Gasteiger partial charge on any atom is 0.258 e. The van der Waals surface area contributed by atoms with Gasteiger partial charge in [0.2, 0.25) is 0 Å². The van der Waals surface area contributed by atoms with Crippen LogP contribution in [0.15, 0.2) is 34.7 Å². The lowest BCUT2D eigenvalue weighted by Crippen LogP contribution is -2.40. The van der Waals surface area contributed by atoms with Crippen molar-refractivity contribution in [2.75, 3.05) is 13.2 Å². The van der Waals surface area contributed by atoms with Gasteiger partial charge in [0, 0.05) is 6.07 Å². The van der Waals surface area contributed by atoms with E-state index in [1.165, 1.54) is 19.1 Å². The summed E-state index contributed by atoms with van der Waals surface area (Å²) in [5, 5.41) is 12.8. The van der Waals surface area contributed by atoms with Gasteiger partial charge in [-0.25, -0.2) is 4.39 Å². The van der Waals surface area contributed by atoms with Crippen LogP contribution in [0.5, 0.6) is 5.75 Å². The third-order valence-electron chi connectivity index (χ3n) is 3.16. The summed E-state index contributed by atoms with van der Waals surface area (Å²) in [7, 11) is 0. The fourth-order valence-electron chi connectivity index (χ4n) is 1.85. The van der Waals surface area contributed by atoms with E-state index in [0.29, 0.717) is 11.5 Å². The molecule has 2 aromatic rings. The molecule has 124 valence electrons. The molecule has 0 saturated carbocycles. The zero-order valence-electron chi connectivity index (χ0n) is 12.7. The number of hydrogen-bond acceptors (Lipinski definition) is 4. The van der Waals surface area contributed by atoms with Gasteiger partial charge in [0.15, 0.2) is 6.61 Å². The van der Waals surface area contributed by atoms with Crippen LogP contribution in [0.1, 0.15) is 18.4 Å². The summed E-state index contributed by atoms with van der Waals surface area (Å²) in [6, 6.07) is 7.19. The summed E-state index contributed by atoms with van der Waals surface area (Å²) >= 11 is 5.62. The van der Waals surface area contributed by atoms with Gasteiger partial charge in [0.05, 0.1) is 11.6 Å². The minimum atomic E-state index is -1.33. The van der Waals surface area contributed by atoms with E-state index in [0.717, 1.165) is 6.07 Å². The lowest BCUT2D eigenvalue weighted by atomic mass is 10.0. The molecular formula is C16H17ClFNO4. The maximum atomic E-state index is 13.0. The van der Waals surface area contributed by atoms with E-state index in [2.05, 4.69) is 5.32 Å². The van der Waals surface area contributed by atoms with Crippen LogP contribution in [0.3, 0.4) is 0 Å². The van der Waals surface area contributed by atoms with Gasteiger partial charge in [-0.3, -0.25) is 4.79 Å². The summed E-state index contributed by atoms with van der Waals surface area (Å²) in [4.78, 5) is 11.8. The van der Waals surface area contributed by atoms with Crippen LogP contribution in [-0.4, -0.2) is 24.2 Å². The van der Waals surface area contributed by atoms with Gasteiger partial charge in [-0.15, -0.1) is 0 Å². The highest BCUT2D eigenvalue weighted by atomic mass is 35.5. The van der Waals surface area contributed by atoms with Crippen LogP contribution < -0.4 is 10.1 Å². The zero-order chi connectivity index (χ0) is 17.0. The number of nitrogens with one attached hydrogen (secondary N) is 1. The van der Waals surface area contributed by atoms with E-state index < -0.39 is 17.3 Å². The van der Waals surface area contributed by atoms with Gasteiger partial charge in [-0.05, 0) is 38.1 Å². The molecule has 1 amide bonds. The fourth-order valence-corrected chi connectivity index (χ4v) is 2.02. The number of carbonyl (C=O) groups is 1. The Bertz CT molecular complexity index is 699. The normalized spacial score (nSPS) is 13.4. The van der Waals surface area contributed by atoms with E-state index in [4.69, 9.17) is 20.8 Å². The largest absolute Gasteiger partial charge is 0.484 e. The predicted molar refractivity (Wildman–Crippen MR) is 82.9 cm³/mol. The van der Waals surface area contributed by atoms with Crippen LogP contribution in [0, 0.1) is 12.7 Å². The first-order valence-electron chi connectivity index (χ1n) is 6.92. The van der Waals surface area contributed by atoms with Gasteiger partial charge in [0.25, 0.3) is 5.91 Å². The van der Waals surface area contributed by atoms with E-state index in [9.17, 15) is 14.3 Å². The number of hydrogen-bond donors (Lipinski definition) is 2.